The molecule has 1 fully saturated rings. The van der Waals surface area contributed by atoms with Crippen LogP contribution in [-0.2, 0) is 4.74 Å². The summed E-state index contributed by atoms with van der Waals surface area (Å²) in [6.45, 7) is 10.5. The summed E-state index contributed by atoms with van der Waals surface area (Å²) in [5.41, 5.74) is -0.421. The molecule has 1 rings (SSSR count). The summed E-state index contributed by atoms with van der Waals surface area (Å²) in [6, 6.07) is 0.351. The summed E-state index contributed by atoms with van der Waals surface area (Å²) in [4.78, 5) is 13.7. The molecule has 5 heteroatoms. The molecule has 20 heavy (non-hydrogen) atoms. The first-order valence-electron chi connectivity index (χ1n) is 7.64. The second-order valence-electron chi connectivity index (χ2n) is 6.73. The van der Waals surface area contributed by atoms with Gasteiger partial charge in [0, 0.05) is 25.7 Å². The molecule has 1 saturated heterocycles. The van der Waals surface area contributed by atoms with Crippen LogP contribution in [0, 0.1) is 5.92 Å². The topological polar surface area (TPSA) is 61.8 Å². The number of nitrogens with one attached hydrogen (secondary N) is 1. The number of aliphatic hydroxyl groups is 1. The van der Waals surface area contributed by atoms with E-state index in [1.54, 1.807) is 4.90 Å². The number of hydrogen-bond donors (Lipinski definition) is 2. The Labute approximate surface area is 122 Å². The normalized spacial score (nSPS) is 18.9. The van der Waals surface area contributed by atoms with Gasteiger partial charge in [0.2, 0.25) is 0 Å². The molecule has 0 bridgehead atoms. The van der Waals surface area contributed by atoms with Gasteiger partial charge in [-0.05, 0) is 59.4 Å². The lowest BCUT2D eigenvalue weighted by Crippen LogP contribution is -2.44. The summed E-state index contributed by atoms with van der Waals surface area (Å²) >= 11 is 0. The largest absolute Gasteiger partial charge is 0.444 e. The van der Waals surface area contributed by atoms with E-state index < -0.39 is 5.60 Å². The predicted molar refractivity (Wildman–Crippen MR) is 79.7 cm³/mol. The minimum atomic E-state index is -0.421. The summed E-state index contributed by atoms with van der Waals surface area (Å²) in [6.07, 6.45) is 2.62. The number of likely N-dealkylation sites (tertiary alicyclic amines) is 1. The Morgan fingerprint density at radius 3 is 2.50 bits per heavy atom. The average molecular weight is 286 g/mol. The van der Waals surface area contributed by atoms with Gasteiger partial charge in [-0.1, -0.05) is 0 Å². The van der Waals surface area contributed by atoms with Crippen LogP contribution in [0.5, 0.6) is 0 Å². The number of rotatable bonds is 5. The maximum absolute atomic E-state index is 11.9. The Morgan fingerprint density at radius 1 is 1.40 bits per heavy atom. The Hall–Kier alpha value is -0.810. The Kier molecular flexibility index (Phi) is 6.76. The Balaban J connectivity index is 2.24. The number of hydrogen-bond acceptors (Lipinski definition) is 4. The molecule has 0 aromatic heterocycles. The third kappa shape index (κ3) is 6.57. The van der Waals surface area contributed by atoms with Crippen LogP contribution in [0.4, 0.5) is 4.79 Å². The van der Waals surface area contributed by atoms with E-state index in [1.807, 2.05) is 20.8 Å². The fourth-order valence-electron chi connectivity index (χ4n) is 2.31. The molecule has 0 aromatic rings. The van der Waals surface area contributed by atoms with Gasteiger partial charge in [0.15, 0.2) is 0 Å². The van der Waals surface area contributed by atoms with E-state index in [4.69, 9.17) is 9.84 Å². The number of nitrogens with zero attached hydrogens (tertiary/aromatic N) is 1. The zero-order chi connectivity index (χ0) is 15.2. The molecular weight excluding hydrogens is 256 g/mol. The molecule has 118 valence electrons. The zero-order valence-electron chi connectivity index (χ0n) is 13.3. The maximum Gasteiger partial charge on any atom is 0.410 e. The predicted octanol–water partition coefficient (Wildman–Crippen LogP) is 1.99. The van der Waals surface area contributed by atoms with Crippen molar-refractivity contribution in [2.45, 2.75) is 58.6 Å². The SMILES string of the molecule is CC(CCO)NCC1CCN(C(=O)OC(C)(C)C)CC1. The molecule has 2 N–H and O–H groups in total. The van der Waals surface area contributed by atoms with E-state index in [2.05, 4.69) is 12.2 Å². The number of amides is 1. The minimum absolute atomic E-state index is 0.197. The minimum Gasteiger partial charge on any atom is -0.444 e. The van der Waals surface area contributed by atoms with Crippen molar-refractivity contribution in [3.63, 3.8) is 0 Å². The van der Waals surface area contributed by atoms with Gasteiger partial charge in [0.25, 0.3) is 0 Å². The average Bonchev–Trinajstić information content (AvgIpc) is 2.35. The van der Waals surface area contributed by atoms with Gasteiger partial charge >= 0.3 is 6.09 Å². The zero-order valence-corrected chi connectivity index (χ0v) is 13.3. The van der Waals surface area contributed by atoms with Crippen molar-refractivity contribution in [1.29, 1.82) is 0 Å². The number of ether oxygens (including phenoxy) is 1. The number of carbonyl (C=O) groups excluding carboxylic acids is 1. The van der Waals surface area contributed by atoms with E-state index in [-0.39, 0.29) is 12.7 Å². The van der Waals surface area contributed by atoms with Crippen LogP contribution in [0.25, 0.3) is 0 Å². The first kappa shape index (κ1) is 17.2. The van der Waals surface area contributed by atoms with Crippen LogP contribution in [0.3, 0.4) is 0 Å². The smallest absolute Gasteiger partial charge is 0.410 e. The highest BCUT2D eigenvalue weighted by Crippen LogP contribution is 2.19. The molecule has 1 unspecified atom stereocenters. The quantitative estimate of drug-likeness (QED) is 0.811. The van der Waals surface area contributed by atoms with E-state index in [1.165, 1.54) is 0 Å². The fraction of sp³-hybridized carbons (Fsp3) is 0.933. The van der Waals surface area contributed by atoms with Crippen molar-refractivity contribution < 1.29 is 14.6 Å². The molecule has 5 nitrogen and oxygen atoms in total. The first-order chi connectivity index (χ1) is 9.31. The number of carbonyl (C=O) groups is 1. The van der Waals surface area contributed by atoms with Crippen LogP contribution < -0.4 is 5.32 Å². The van der Waals surface area contributed by atoms with E-state index in [0.29, 0.717) is 12.0 Å². The molecule has 1 aliphatic rings. The summed E-state index contributed by atoms with van der Waals surface area (Å²) in [5, 5.41) is 12.3. The lowest BCUT2D eigenvalue weighted by atomic mass is 9.96. The maximum atomic E-state index is 11.9. The van der Waals surface area contributed by atoms with Gasteiger partial charge in [-0.15, -0.1) is 0 Å². The molecule has 0 spiro atoms. The lowest BCUT2D eigenvalue weighted by molar-refractivity contribution is 0.0183. The molecule has 1 atom stereocenters. The summed E-state index contributed by atoms with van der Waals surface area (Å²) in [5.74, 6) is 0.606. The molecule has 1 heterocycles. The molecule has 1 aliphatic heterocycles. The van der Waals surface area contributed by atoms with Crippen LogP contribution in [0.1, 0.15) is 47.0 Å². The van der Waals surface area contributed by atoms with Gasteiger partial charge in [0.1, 0.15) is 5.60 Å². The highest BCUT2D eigenvalue weighted by atomic mass is 16.6. The molecule has 0 aromatic carbocycles. The first-order valence-corrected chi connectivity index (χ1v) is 7.64. The highest BCUT2D eigenvalue weighted by molar-refractivity contribution is 5.68. The monoisotopic (exact) mass is 286 g/mol. The van der Waals surface area contributed by atoms with Crippen LogP contribution in [0.15, 0.2) is 0 Å². The molecule has 0 radical (unpaired) electrons. The van der Waals surface area contributed by atoms with Crippen molar-refractivity contribution in [2.24, 2.45) is 5.92 Å². The standard InChI is InChI=1S/C15H30N2O3/c1-12(7-10-18)16-11-13-5-8-17(9-6-13)14(19)20-15(2,3)4/h12-13,16,18H,5-11H2,1-4H3. The number of aliphatic hydroxyl groups excluding tert-OH is 1. The van der Waals surface area contributed by atoms with Crippen LogP contribution >= 0.6 is 0 Å². The summed E-state index contributed by atoms with van der Waals surface area (Å²) in [7, 11) is 0. The van der Waals surface area contributed by atoms with Crippen molar-refractivity contribution in [1.82, 2.24) is 10.2 Å². The van der Waals surface area contributed by atoms with Crippen molar-refractivity contribution in [2.75, 3.05) is 26.2 Å². The lowest BCUT2D eigenvalue weighted by Gasteiger charge is -2.34. The van der Waals surface area contributed by atoms with E-state index >= 15 is 0 Å². The molecular formula is C15H30N2O3. The van der Waals surface area contributed by atoms with Crippen molar-refractivity contribution in [3.05, 3.63) is 0 Å². The number of piperidine rings is 1. The third-order valence-electron chi connectivity index (χ3n) is 3.58. The fourth-order valence-corrected chi connectivity index (χ4v) is 2.31. The van der Waals surface area contributed by atoms with Crippen molar-refractivity contribution in [3.8, 4) is 0 Å². The Morgan fingerprint density at radius 2 is 2.00 bits per heavy atom. The molecule has 0 saturated carbocycles. The highest BCUT2D eigenvalue weighted by Gasteiger charge is 2.26. The Bertz CT molecular complexity index is 294. The van der Waals surface area contributed by atoms with Crippen molar-refractivity contribution >= 4 is 6.09 Å². The van der Waals surface area contributed by atoms with Gasteiger partial charge in [-0.3, -0.25) is 0 Å². The summed E-state index contributed by atoms with van der Waals surface area (Å²) < 4.78 is 5.39. The van der Waals surface area contributed by atoms with E-state index in [0.717, 1.165) is 38.9 Å². The molecule has 1 amide bonds. The van der Waals surface area contributed by atoms with Gasteiger partial charge in [-0.25, -0.2) is 4.79 Å². The van der Waals surface area contributed by atoms with Crippen LogP contribution in [0.2, 0.25) is 0 Å². The van der Waals surface area contributed by atoms with Gasteiger partial charge in [-0.2, -0.15) is 0 Å². The van der Waals surface area contributed by atoms with Gasteiger partial charge < -0.3 is 20.1 Å². The second kappa shape index (κ2) is 7.84. The van der Waals surface area contributed by atoms with Crippen LogP contribution in [-0.4, -0.2) is 54.0 Å². The van der Waals surface area contributed by atoms with E-state index in [9.17, 15) is 4.79 Å². The third-order valence-corrected chi connectivity index (χ3v) is 3.58. The second-order valence-corrected chi connectivity index (χ2v) is 6.73. The molecule has 0 aliphatic carbocycles. The van der Waals surface area contributed by atoms with Gasteiger partial charge in [0.05, 0.1) is 0 Å².